The molecule has 1 aromatic carbocycles. The maximum absolute atomic E-state index is 13.1. The number of benzene rings is 1. The molecular weight excluding hydrogens is 367 g/mol. The van der Waals surface area contributed by atoms with Crippen LogP contribution in [0.2, 0.25) is 0 Å². The first-order valence-electron chi connectivity index (χ1n) is 10.5. The second-order valence-electron chi connectivity index (χ2n) is 7.59. The zero-order chi connectivity index (χ0) is 20.1. The van der Waals surface area contributed by atoms with Crippen LogP contribution in [0.4, 0.5) is 15.9 Å². The van der Waals surface area contributed by atoms with Crippen molar-refractivity contribution in [2.75, 3.05) is 42.5 Å². The monoisotopic (exact) mass is 396 g/mol. The fourth-order valence-electron chi connectivity index (χ4n) is 3.49. The fourth-order valence-corrected chi connectivity index (χ4v) is 3.49. The highest BCUT2D eigenvalue weighted by Crippen LogP contribution is 2.21. The van der Waals surface area contributed by atoms with E-state index < -0.39 is 0 Å². The van der Waals surface area contributed by atoms with Crippen LogP contribution < -0.4 is 20.4 Å². The summed E-state index contributed by atoms with van der Waals surface area (Å²) in [4.78, 5) is 13.9. The number of nitrogens with zero attached hydrogens (tertiary/aromatic N) is 4. The fraction of sp³-hybridized carbons (Fsp3) is 0.455. The Morgan fingerprint density at radius 3 is 2.52 bits per heavy atom. The molecule has 2 aromatic rings. The van der Waals surface area contributed by atoms with Crippen molar-refractivity contribution in [2.45, 2.75) is 32.4 Å². The van der Waals surface area contributed by atoms with Crippen molar-refractivity contribution >= 4 is 17.5 Å². The summed E-state index contributed by atoms with van der Waals surface area (Å²) in [5.41, 5.74) is 2.23. The van der Waals surface area contributed by atoms with Gasteiger partial charge in [-0.1, -0.05) is 0 Å². The third kappa shape index (κ3) is 5.37. The Kier molecular flexibility index (Phi) is 6.12. The lowest BCUT2D eigenvalue weighted by Crippen LogP contribution is -2.46. The normalized spacial score (nSPS) is 17.4. The molecule has 1 saturated carbocycles. The van der Waals surface area contributed by atoms with Crippen LogP contribution in [-0.2, 0) is 6.54 Å². The van der Waals surface area contributed by atoms with E-state index in [1.54, 1.807) is 0 Å². The van der Waals surface area contributed by atoms with Gasteiger partial charge in [-0.25, -0.2) is 14.4 Å². The predicted octanol–water partition coefficient (Wildman–Crippen LogP) is 2.76. The molecule has 0 spiro atoms. The van der Waals surface area contributed by atoms with Crippen LogP contribution in [0.25, 0.3) is 0 Å². The van der Waals surface area contributed by atoms with Crippen LogP contribution in [0.15, 0.2) is 47.6 Å². The highest BCUT2D eigenvalue weighted by atomic mass is 19.1. The van der Waals surface area contributed by atoms with E-state index in [1.807, 2.05) is 24.4 Å². The van der Waals surface area contributed by atoms with Gasteiger partial charge in [-0.2, -0.15) is 0 Å². The molecule has 4 rings (SSSR count). The van der Waals surface area contributed by atoms with Gasteiger partial charge in [0.15, 0.2) is 5.96 Å². The summed E-state index contributed by atoms with van der Waals surface area (Å²) in [7, 11) is 0. The molecule has 0 atom stereocenters. The molecule has 0 bridgehead atoms. The molecule has 1 aliphatic heterocycles. The molecule has 7 heteroatoms. The summed E-state index contributed by atoms with van der Waals surface area (Å²) in [6.07, 6.45) is 4.33. The van der Waals surface area contributed by atoms with E-state index in [-0.39, 0.29) is 5.82 Å². The van der Waals surface area contributed by atoms with E-state index in [1.165, 1.54) is 25.0 Å². The maximum atomic E-state index is 13.1. The lowest BCUT2D eigenvalue weighted by molar-refractivity contribution is 0.624. The Bertz CT molecular complexity index is 825. The Hall–Kier alpha value is -2.83. The average Bonchev–Trinajstić information content (AvgIpc) is 3.57. The highest BCUT2D eigenvalue weighted by molar-refractivity contribution is 5.80. The largest absolute Gasteiger partial charge is 0.368 e. The van der Waals surface area contributed by atoms with E-state index in [2.05, 4.69) is 38.4 Å². The van der Waals surface area contributed by atoms with E-state index in [0.717, 1.165) is 55.8 Å². The van der Waals surface area contributed by atoms with Crippen molar-refractivity contribution in [1.29, 1.82) is 0 Å². The van der Waals surface area contributed by atoms with Crippen LogP contribution in [0.3, 0.4) is 0 Å². The molecule has 2 aliphatic rings. The third-order valence-electron chi connectivity index (χ3n) is 5.29. The molecule has 1 aliphatic carbocycles. The Balaban J connectivity index is 1.35. The standard InChI is InChI=1S/C22H29FN6/c1-2-24-22(27-19-5-6-19)26-16-17-9-10-25-21(15-17)29-13-11-28(12-14-29)20-7-3-18(23)4-8-20/h3-4,7-10,15,19H,2,5-6,11-14,16H2,1H3,(H2,24,26,27). The summed E-state index contributed by atoms with van der Waals surface area (Å²) in [5.74, 6) is 1.69. The van der Waals surface area contributed by atoms with Crippen molar-refractivity contribution in [2.24, 2.45) is 4.99 Å². The first-order chi connectivity index (χ1) is 14.2. The van der Waals surface area contributed by atoms with E-state index in [4.69, 9.17) is 4.99 Å². The van der Waals surface area contributed by atoms with Crippen molar-refractivity contribution in [3.05, 3.63) is 54.0 Å². The van der Waals surface area contributed by atoms with Crippen LogP contribution in [0.1, 0.15) is 25.3 Å². The predicted molar refractivity (Wildman–Crippen MR) is 116 cm³/mol. The van der Waals surface area contributed by atoms with E-state index in [0.29, 0.717) is 12.6 Å². The molecule has 6 nitrogen and oxygen atoms in total. The molecule has 1 aromatic heterocycles. The molecule has 0 unspecified atom stereocenters. The van der Waals surface area contributed by atoms with Crippen molar-refractivity contribution in [3.63, 3.8) is 0 Å². The first-order valence-corrected chi connectivity index (χ1v) is 10.5. The maximum Gasteiger partial charge on any atom is 0.191 e. The third-order valence-corrected chi connectivity index (χ3v) is 5.29. The van der Waals surface area contributed by atoms with Gasteiger partial charge in [0.05, 0.1) is 6.54 Å². The van der Waals surface area contributed by atoms with Gasteiger partial charge in [0.25, 0.3) is 0 Å². The van der Waals surface area contributed by atoms with Crippen molar-refractivity contribution in [3.8, 4) is 0 Å². The molecule has 2 fully saturated rings. The first kappa shape index (κ1) is 19.5. The molecule has 0 radical (unpaired) electrons. The minimum absolute atomic E-state index is 0.194. The number of nitrogens with one attached hydrogen (secondary N) is 2. The van der Waals surface area contributed by atoms with Gasteiger partial charge in [0.2, 0.25) is 0 Å². The van der Waals surface area contributed by atoms with Crippen LogP contribution in [0.5, 0.6) is 0 Å². The van der Waals surface area contributed by atoms with Gasteiger partial charge < -0.3 is 20.4 Å². The smallest absolute Gasteiger partial charge is 0.191 e. The lowest BCUT2D eigenvalue weighted by Gasteiger charge is -2.36. The number of aromatic nitrogens is 1. The highest BCUT2D eigenvalue weighted by Gasteiger charge is 2.22. The summed E-state index contributed by atoms with van der Waals surface area (Å²) in [6.45, 7) is 7.15. The minimum Gasteiger partial charge on any atom is -0.368 e. The average molecular weight is 397 g/mol. The second kappa shape index (κ2) is 9.11. The number of rotatable bonds is 6. The number of halogens is 1. The van der Waals surface area contributed by atoms with Crippen LogP contribution >= 0.6 is 0 Å². The molecule has 2 heterocycles. The van der Waals surface area contributed by atoms with Gasteiger partial charge in [-0.15, -0.1) is 0 Å². The minimum atomic E-state index is -0.194. The van der Waals surface area contributed by atoms with Gasteiger partial charge in [0, 0.05) is 50.6 Å². The van der Waals surface area contributed by atoms with Crippen molar-refractivity contribution < 1.29 is 4.39 Å². The zero-order valence-electron chi connectivity index (χ0n) is 16.9. The number of aliphatic imine (C=N–C) groups is 1. The summed E-state index contributed by atoms with van der Waals surface area (Å²) in [5, 5.41) is 6.76. The summed E-state index contributed by atoms with van der Waals surface area (Å²) >= 11 is 0. The molecule has 1 saturated heterocycles. The van der Waals surface area contributed by atoms with Gasteiger partial charge in [0.1, 0.15) is 11.6 Å². The van der Waals surface area contributed by atoms with Gasteiger partial charge in [-0.3, -0.25) is 0 Å². The Morgan fingerprint density at radius 2 is 1.83 bits per heavy atom. The zero-order valence-corrected chi connectivity index (χ0v) is 16.9. The van der Waals surface area contributed by atoms with Gasteiger partial charge >= 0.3 is 0 Å². The van der Waals surface area contributed by atoms with Crippen LogP contribution in [0, 0.1) is 5.82 Å². The molecule has 29 heavy (non-hydrogen) atoms. The number of hydrogen-bond donors (Lipinski definition) is 2. The summed E-state index contributed by atoms with van der Waals surface area (Å²) < 4.78 is 13.1. The second-order valence-corrected chi connectivity index (χ2v) is 7.59. The number of pyridine rings is 1. The van der Waals surface area contributed by atoms with Gasteiger partial charge in [-0.05, 0) is 61.7 Å². The number of hydrogen-bond acceptors (Lipinski definition) is 4. The SMILES string of the molecule is CCNC(=NCc1ccnc(N2CCN(c3ccc(F)cc3)CC2)c1)NC1CC1. The van der Waals surface area contributed by atoms with Crippen LogP contribution in [-0.4, -0.2) is 49.7 Å². The quantitative estimate of drug-likeness (QED) is 0.581. The topological polar surface area (TPSA) is 55.8 Å². The molecule has 0 amide bonds. The Morgan fingerprint density at radius 1 is 1.10 bits per heavy atom. The number of piperazine rings is 1. The molecule has 154 valence electrons. The van der Waals surface area contributed by atoms with E-state index >= 15 is 0 Å². The Labute approximate surface area is 171 Å². The molecule has 2 N–H and O–H groups in total. The number of guanidine groups is 1. The van der Waals surface area contributed by atoms with Crippen molar-refractivity contribution in [1.82, 2.24) is 15.6 Å². The van der Waals surface area contributed by atoms with E-state index in [9.17, 15) is 4.39 Å². The summed E-state index contributed by atoms with van der Waals surface area (Å²) in [6, 6.07) is 11.5. The lowest BCUT2D eigenvalue weighted by atomic mass is 10.2. The molecular formula is C22H29FN6. The number of anilines is 2.